The van der Waals surface area contributed by atoms with Crippen LogP contribution in [0.15, 0.2) is 12.3 Å². The van der Waals surface area contributed by atoms with Crippen LogP contribution in [0, 0.1) is 13.8 Å². The number of carbonyl (C=O) groups is 1. The molecular weight excluding hydrogens is 152 g/mol. The number of hydrogen-bond acceptors (Lipinski definition) is 2. The van der Waals surface area contributed by atoms with Crippen molar-refractivity contribution in [3.05, 3.63) is 29.1 Å². The first-order valence-electron chi connectivity index (χ1n) is 3.80. The van der Waals surface area contributed by atoms with Crippen LogP contribution in [0.2, 0.25) is 0 Å². The number of pyridine rings is 1. The van der Waals surface area contributed by atoms with Crippen molar-refractivity contribution in [1.29, 1.82) is 0 Å². The number of nitrogens with zero attached hydrogens (tertiary/aromatic N) is 1. The first-order chi connectivity index (χ1) is 5.59. The van der Waals surface area contributed by atoms with Crippen LogP contribution in [-0.4, -0.2) is 10.9 Å². The minimum Gasteiger partial charge on any atom is -0.369 e. The van der Waals surface area contributed by atoms with Crippen molar-refractivity contribution >= 4 is 5.91 Å². The van der Waals surface area contributed by atoms with Crippen LogP contribution in [0.25, 0.3) is 0 Å². The molecule has 1 aromatic heterocycles. The first-order valence-corrected chi connectivity index (χ1v) is 3.80. The quantitative estimate of drug-likeness (QED) is 0.700. The second-order valence-electron chi connectivity index (χ2n) is 2.89. The van der Waals surface area contributed by atoms with Gasteiger partial charge in [0.25, 0.3) is 0 Å². The van der Waals surface area contributed by atoms with E-state index in [4.69, 9.17) is 5.73 Å². The van der Waals surface area contributed by atoms with Gasteiger partial charge in [0.1, 0.15) is 0 Å². The van der Waals surface area contributed by atoms with Crippen LogP contribution >= 0.6 is 0 Å². The van der Waals surface area contributed by atoms with E-state index in [0.29, 0.717) is 0 Å². The van der Waals surface area contributed by atoms with Gasteiger partial charge in [0.05, 0.1) is 6.42 Å². The van der Waals surface area contributed by atoms with E-state index < -0.39 is 0 Å². The second kappa shape index (κ2) is 3.34. The molecule has 3 heteroatoms. The van der Waals surface area contributed by atoms with Gasteiger partial charge in [-0.15, -0.1) is 0 Å². The number of aryl methyl sites for hydroxylation is 2. The fourth-order valence-electron chi connectivity index (χ4n) is 0.999. The molecule has 64 valence electrons. The Kier molecular flexibility index (Phi) is 2.43. The average Bonchev–Trinajstić information content (AvgIpc) is 1.96. The lowest BCUT2D eigenvalue weighted by molar-refractivity contribution is -0.117. The van der Waals surface area contributed by atoms with E-state index in [9.17, 15) is 4.79 Å². The lowest BCUT2D eigenvalue weighted by atomic mass is 10.1. The second-order valence-corrected chi connectivity index (χ2v) is 2.89. The fraction of sp³-hybridized carbons (Fsp3) is 0.333. The zero-order chi connectivity index (χ0) is 9.14. The van der Waals surface area contributed by atoms with Gasteiger partial charge >= 0.3 is 0 Å². The SMILES string of the molecule is Cc1cc(CC(N)=O)cnc1C. The summed E-state index contributed by atoms with van der Waals surface area (Å²) in [5.74, 6) is -0.319. The van der Waals surface area contributed by atoms with Crippen LogP contribution in [0.5, 0.6) is 0 Å². The summed E-state index contributed by atoms with van der Waals surface area (Å²) in [5.41, 5.74) is 8.01. The highest BCUT2D eigenvalue weighted by Gasteiger charge is 2.00. The van der Waals surface area contributed by atoms with Crippen molar-refractivity contribution in [2.45, 2.75) is 20.3 Å². The molecule has 12 heavy (non-hydrogen) atoms. The smallest absolute Gasteiger partial charge is 0.221 e. The molecule has 0 saturated heterocycles. The molecule has 0 unspecified atom stereocenters. The number of amides is 1. The van der Waals surface area contributed by atoms with Crippen LogP contribution in [0.4, 0.5) is 0 Å². The summed E-state index contributed by atoms with van der Waals surface area (Å²) < 4.78 is 0. The molecule has 1 amide bonds. The molecule has 0 spiro atoms. The monoisotopic (exact) mass is 164 g/mol. The molecule has 1 aromatic rings. The van der Waals surface area contributed by atoms with Crippen molar-refractivity contribution in [1.82, 2.24) is 4.98 Å². The van der Waals surface area contributed by atoms with E-state index in [1.165, 1.54) is 0 Å². The third-order valence-electron chi connectivity index (χ3n) is 1.77. The average molecular weight is 164 g/mol. The normalized spacial score (nSPS) is 9.83. The molecule has 0 saturated carbocycles. The predicted molar refractivity (Wildman–Crippen MR) is 46.6 cm³/mol. The molecule has 0 aliphatic heterocycles. The van der Waals surface area contributed by atoms with Crippen molar-refractivity contribution < 1.29 is 4.79 Å². The number of rotatable bonds is 2. The summed E-state index contributed by atoms with van der Waals surface area (Å²) in [6.07, 6.45) is 1.96. The van der Waals surface area contributed by atoms with Gasteiger partial charge in [-0.3, -0.25) is 9.78 Å². The lowest BCUT2D eigenvalue weighted by Crippen LogP contribution is -2.13. The van der Waals surface area contributed by atoms with Gasteiger partial charge in [-0.1, -0.05) is 6.07 Å². The van der Waals surface area contributed by atoms with Gasteiger partial charge in [-0.25, -0.2) is 0 Å². The summed E-state index contributed by atoms with van der Waals surface area (Å²) in [6, 6.07) is 1.94. The molecule has 0 aliphatic carbocycles. The standard InChI is InChI=1S/C9H12N2O/c1-6-3-8(4-9(10)12)5-11-7(6)2/h3,5H,4H2,1-2H3,(H2,10,12). The summed E-state index contributed by atoms with van der Waals surface area (Å²) in [6.45, 7) is 3.90. The highest BCUT2D eigenvalue weighted by molar-refractivity contribution is 5.76. The van der Waals surface area contributed by atoms with Crippen molar-refractivity contribution in [3.8, 4) is 0 Å². The van der Waals surface area contributed by atoms with Crippen LogP contribution in [0.1, 0.15) is 16.8 Å². The molecule has 2 N–H and O–H groups in total. The maximum Gasteiger partial charge on any atom is 0.221 e. The van der Waals surface area contributed by atoms with Gasteiger partial charge in [-0.05, 0) is 25.0 Å². The maximum atomic E-state index is 10.6. The summed E-state index contributed by atoms with van der Waals surface area (Å²) in [5, 5.41) is 0. The molecule has 0 atom stereocenters. The Hall–Kier alpha value is -1.38. The number of nitrogens with two attached hydrogens (primary N) is 1. The Morgan fingerprint density at radius 2 is 2.25 bits per heavy atom. The van der Waals surface area contributed by atoms with E-state index in [2.05, 4.69) is 4.98 Å². The van der Waals surface area contributed by atoms with E-state index in [1.54, 1.807) is 6.20 Å². The predicted octanol–water partition coefficient (Wildman–Crippen LogP) is 0.726. The minimum absolute atomic E-state index is 0.272. The van der Waals surface area contributed by atoms with Crippen LogP contribution in [0.3, 0.4) is 0 Å². The Labute approximate surface area is 71.6 Å². The Morgan fingerprint density at radius 1 is 1.58 bits per heavy atom. The molecule has 1 heterocycles. The zero-order valence-electron chi connectivity index (χ0n) is 7.29. The molecule has 0 aliphatic rings. The number of carbonyl (C=O) groups excluding carboxylic acids is 1. The van der Waals surface area contributed by atoms with Crippen molar-refractivity contribution in [2.75, 3.05) is 0 Å². The largest absolute Gasteiger partial charge is 0.369 e. The maximum absolute atomic E-state index is 10.6. The number of primary amides is 1. The van der Waals surface area contributed by atoms with Gasteiger partial charge < -0.3 is 5.73 Å². The number of hydrogen-bond donors (Lipinski definition) is 1. The van der Waals surface area contributed by atoms with Gasteiger partial charge in [0.15, 0.2) is 0 Å². The highest BCUT2D eigenvalue weighted by atomic mass is 16.1. The Morgan fingerprint density at radius 3 is 2.75 bits per heavy atom. The van der Waals surface area contributed by atoms with Crippen LogP contribution in [-0.2, 0) is 11.2 Å². The van der Waals surface area contributed by atoms with Crippen molar-refractivity contribution in [3.63, 3.8) is 0 Å². The summed E-state index contributed by atoms with van der Waals surface area (Å²) in [4.78, 5) is 14.7. The topological polar surface area (TPSA) is 56.0 Å². The molecule has 1 rings (SSSR count). The highest BCUT2D eigenvalue weighted by Crippen LogP contribution is 2.06. The summed E-state index contributed by atoms with van der Waals surface area (Å²) >= 11 is 0. The Balaban J connectivity index is 2.89. The zero-order valence-corrected chi connectivity index (χ0v) is 7.29. The molecule has 0 fully saturated rings. The van der Waals surface area contributed by atoms with E-state index >= 15 is 0 Å². The van der Waals surface area contributed by atoms with E-state index in [1.807, 2.05) is 19.9 Å². The molecule has 0 radical (unpaired) electrons. The molecule has 0 bridgehead atoms. The van der Waals surface area contributed by atoms with E-state index in [0.717, 1.165) is 16.8 Å². The number of aromatic nitrogens is 1. The molecular formula is C9H12N2O. The van der Waals surface area contributed by atoms with Gasteiger partial charge in [0.2, 0.25) is 5.91 Å². The molecule has 0 aromatic carbocycles. The Bertz CT molecular complexity index is 307. The third kappa shape index (κ3) is 2.05. The molecule has 3 nitrogen and oxygen atoms in total. The first kappa shape index (κ1) is 8.71. The van der Waals surface area contributed by atoms with Gasteiger partial charge in [0, 0.05) is 11.9 Å². The van der Waals surface area contributed by atoms with E-state index in [-0.39, 0.29) is 12.3 Å². The lowest BCUT2D eigenvalue weighted by Gasteiger charge is -2.01. The minimum atomic E-state index is -0.319. The summed E-state index contributed by atoms with van der Waals surface area (Å²) in [7, 11) is 0. The van der Waals surface area contributed by atoms with Gasteiger partial charge in [-0.2, -0.15) is 0 Å². The van der Waals surface area contributed by atoms with Crippen molar-refractivity contribution in [2.24, 2.45) is 5.73 Å². The fourth-order valence-corrected chi connectivity index (χ4v) is 0.999. The third-order valence-corrected chi connectivity index (χ3v) is 1.77. The van der Waals surface area contributed by atoms with Crippen LogP contribution < -0.4 is 5.73 Å².